The topological polar surface area (TPSA) is 103 Å². The zero-order chi connectivity index (χ0) is 20.6. The highest BCUT2D eigenvalue weighted by atomic mass is 32.2. The van der Waals surface area contributed by atoms with Crippen molar-refractivity contribution < 1.29 is 17.2 Å². The van der Waals surface area contributed by atoms with Crippen molar-refractivity contribution in [2.24, 2.45) is 0 Å². The lowest BCUT2D eigenvalue weighted by Crippen LogP contribution is -2.42. The summed E-state index contributed by atoms with van der Waals surface area (Å²) >= 11 is 0. The Morgan fingerprint density at radius 2 is 2.07 bits per heavy atom. The summed E-state index contributed by atoms with van der Waals surface area (Å²) in [4.78, 5) is 12.9. The Morgan fingerprint density at radius 3 is 2.83 bits per heavy atom. The Kier molecular flexibility index (Phi) is 4.87. The molecule has 0 aliphatic carbocycles. The van der Waals surface area contributed by atoms with E-state index in [0.29, 0.717) is 41.2 Å². The number of aromatic amines is 1. The van der Waals surface area contributed by atoms with E-state index in [9.17, 15) is 17.2 Å². The van der Waals surface area contributed by atoms with Crippen molar-refractivity contribution in [2.45, 2.75) is 23.7 Å². The second kappa shape index (κ2) is 7.23. The maximum atomic E-state index is 14.0. The van der Waals surface area contributed by atoms with E-state index >= 15 is 0 Å². The van der Waals surface area contributed by atoms with Crippen LogP contribution in [-0.4, -0.2) is 49.4 Å². The molecular formula is C18H20F2N6O2S. The fraction of sp³-hybridized carbons (Fsp3) is 0.333. The molecule has 2 aromatic heterocycles. The predicted molar refractivity (Wildman–Crippen MR) is 106 cm³/mol. The molecule has 0 bridgehead atoms. The first-order chi connectivity index (χ1) is 13.8. The van der Waals surface area contributed by atoms with Crippen LogP contribution in [0.5, 0.6) is 0 Å². The Hall–Kier alpha value is -2.79. The fourth-order valence-electron chi connectivity index (χ4n) is 3.45. The van der Waals surface area contributed by atoms with Gasteiger partial charge in [0.25, 0.3) is 5.92 Å². The summed E-state index contributed by atoms with van der Waals surface area (Å²) in [5.74, 6) is -2.35. The third-order valence-electron chi connectivity index (χ3n) is 4.89. The monoisotopic (exact) mass is 422 g/mol. The van der Waals surface area contributed by atoms with Gasteiger partial charge in [-0.2, -0.15) is 0 Å². The van der Waals surface area contributed by atoms with Crippen LogP contribution in [-0.2, 0) is 10.0 Å². The van der Waals surface area contributed by atoms with E-state index in [1.54, 1.807) is 23.2 Å². The number of hydrogen-bond donors (Lipinski definition) is 3. The first-order valence-electron chi connectivity index (χ1n) is 9.05. The Morgan fingerprint density at radius 1 is 1.24 bits per heavy atom. The highest BCUT2D eigenvalue weighted by molar-refractivity contribution is 7.89. The molecule has 8 nitrogen and oxygen atoms in total. The molecule has 3 heterocycles. The van der Waals surface area contributed by atoms with E-state index in [2.05, 4.69) is 25.0 Å². The number of sulfonamides is 1. The number of fused-ring (bicyclic) bond motifs is 1. The van der Waals surface area contributed by atoms with Crippen LogP contribution in [0.3, 0.4) is 0 Å². The number of halogens is 2. The molecule has 4 rings (SSSR count). The Labute approximate surface area is 166 Å². The van der Waals surface area contributed by atoms with Gasteiger partial charge in [-0.3, -0.25) is 0 Å². The number of nitrogens with one attached hydrogen (secondary N) is 3. The molecule has 3 aromatic rings. The van der Waals surface area contributed by atoms with Crippen LogP contribution in [0.4, 0.5) is 26.0 Å². The highest BCUT2D eigenvalue weighted by Gasteiger charge is 2.36. The summed E-state index contributed by atoms with van der Waals surface area (Å²) in [6, 6.07) is 6.16. The molecule has 1 saturated heterocycles. The minimum absolute atomic E-state index is 0.0226. The molecule has 0 atom stereocenters. The van der Waals surface area contributed by atoms with E-state index in [4.69, 9.17) is 0 Å². The van der Waals surface area contributed by atoms with E-state index in [1.807, 2.05) is 0 Å². The highest BCUT2D eigenvalue weighted by Crippen LogP contribution is 2.37. The molecule has 29 heavy (non-hydrogen) atoms. The summed E-state index contributed by atoms with van der Waals surface area (Å²) in [6.07, 6.45) is 3.26. The standard InChI is InChI=1S/C18H20F2N6O2S/c1-21-29(27,28)12-3-4-15(26-8-2-6-18(19,20)10-26)14(9-12)25-17-13-5-7-22-16(13)23-11-24-17/h3-5,7,9,11,21H,2,6,8,10H2,1H3,(H2,22,23,24,25). The maximum absolute atomic E-state index is 14.0. The van der Waals surface area contributed by atoms with Crippen LogP contribution < -0.4 is 14.9 Å². The van der Waals surface area contributed by atoms with Crippen LogP contribution in [0.2, 0.25) is 0 Å². The van der Waals surface area contributed by atoms with Crippen molar-refractivity contribution in [3.8, 4) is 0 Å². The lowest BCUT2D eigenvalue weighted by molar-refractivity contribution is -0.0116. The molecule has 0 spiro atoms. The van der Waals surface area contributed by atoms with E-state index in [0.717, 1.165) is 0 Å². The van der Waals surface area contributed by atoms with Crippen LogP contribution >= 0.6 is 0 Å². The third kappa shape index (κ3) is 3.87. The average molecular weight is 422 g/mol. The van der Waals surface area contributed by atoms with Crippen molar-refractivity contribution in [1.29, 1.82) is 0 Å². The number of piperidine rings is 1. The number of benzene rings is 1. The molecule has 0 radical (unpaired) electrons. The van der Waals surface area contributed by atoms with Crippen LogP contribution in [0.1, 0.15) is 12.8 Å². The van der Waals surface area contributed by atoms with Gasteiger partial charge in [-0.05, 0) is 37.7 Å². The third-order valence-corrected chi connectivity index (χ3v) is 6.30. The number of H-pyrrole nitrogens is 1. The number of aromatic nitrogens is 3. The van der Waals surface area contributed by atoms with Gasteiger partial charge >= 0.3 is 0 Å². The molecule has 1 aliphatic heterocycles. The smallest absolute Gasteiger partial charge is 0.265 e. The quantitative estimate of drug-likeness (QED) is 0.584. The number of hydrogen-bond acceptors (Lipinski definition) is 6. The zero-order valence-corrected chi connectivity index (χ0v) is 16.4. The molecule has 3 N–H and O–H groups in total. The molecule has 0 saturated carbocycles. The zero-order valence-electron chi connectivity index (χ0n) is 15.6. The Balaban J connectivity index is 1.80. The lowest BCUT2D eigenvalue weighted by atomic mass is 10.1. The number of rotatable bonds is 5. The molecule has 154 valence electrons. The average Bonchev–Trinajstić information content (AvgIpc) is 3.17. The van der Waals surface area contributed by atoms with Gasteiger partial charge in [0.1, 0.15) is 17.8 Å². The normalized spacial score (nSPS) is 16.9. The van der Waals surface area contributed by atoms with Crippen molar-refractivity contribution in [3.05, 3.63) is 36.8 Å². The van der Waals surface area contributed by atoms with E-state index in [1.165, 1.54) is 25.5 Å². The number of anilines is 3. The fourth-order valence-corrected chi connectivity index (χ4v) is 4.20. The number of alkyl halides is 2. The van der Waals surface area contributed by atoms with Gasteiger partial charge in [0.15, 0.2) is 0 Å². The largest absolute Gasteiger partial charge is 0.364 e. The van der Waals surface area contributed by atoms with Gasteiger partial charge in [0.05, 0.1) is 28.2 Å². The van der Waals surface area contributed by atoms with Crippen molar-refractivity contribution in [3.63, 3.8) is 0 Å². The van der Waals surface area contributed by atoms with Crippen molar-refractivity contribution in [1.82, 2.24) is 19.7 Å². The first-order valence-corrected chi connectivity index (χ1v) is 10.5. The van der Waals surface area contributed by atoms with Gasteiger partial charge in [0.2, 0.25) is 10.0 Å². The van der Waals surface area contributed by atoms with Gasteiger partial charge in [-0.15, -0.1) is 0 Å². The molecule has 0 unspecified atom stereocenters. The molecule has 0 amide bonds. The first kappa shape index (κ1) is 19.5. The number of nitrogens with zero attached hydrogens (tertiary/aromatic N) is 3. The van der Waals surface area contributed by atoms with Gasteiger partial charge in [-0.1, -0.05) is 0 Å². The van der Waals surface area contributed by atoms with Crippen LogP contribution in [0.15, 0.2) is 41.7 Å². The minimum Gasteiger partial charge on any atom is -0.364 e. The summed E-state index contributed by atoms with van der Waals surface area (Å²) < 4.78 is 54.8. The predicted octanol–water partition coefficient (Wildman–Crippen LogP) is 2.85. The van der Waals surface area contributed by atoms with E-state index in [-0.39, 0.29) is 11.3 Å². The summed E-state index contributed by atoms with van der Waals surface area (Å²) in [5.41, 5.74) is 1.47. The second-order valence-corrected chi connectivity index (χ2v) is 8.74. The molecular weight excluding hydrogens is 402 g/mol. The molecule has 1 fully saturated rings. The Bertz CT molecular complexity index is 1150. The molecule has 1 aliphatic rings. The van der Waals surface area contributed by atoms with Crippen LogP contribution in [0, 0.1) is 0 Å². The van der Waals surface area contributed by atoms with Gasteiger partial charge in [0, 0.05) is 19.2 Å². The summed E-state index contributed by atoms with van der Waals surface area (Å²) in [6.45, 7) is 0.0227. The minimum atomic E-state index is -3.71. The molecule has 11 heteroatoms. The van der Waals surface area contributed by atoms with Gasteiger partial charge in [-0.25, -0.2) is 31.9 Å². The van der Waals surface area contributed by atoms with Crippen molar-refractivity contribution in [2.75, 3.05) is 30.4 Å². The van der Waals surface area contributed by atoms with E-state index < -0.39 is 22.5 Å². The SMILES string of the molecule is CNS(=O)(=O)c1ccc(N2CCCC(F)(F)C2)c(Nc2ncnc3[nH]ccc23)c1. The van der Waals surface area contributed by atoms with Gasteiger partial charge < -0.3 is 15.2 Å². The van der Waals surface area contributed by atoms with Crippen LogP contribution in [0.25, 0.3) is 11.0 Å². The summed E-state index contributed by atoms with van der Waals surface area (Å²) in [5, 5.41) is 3.81. The summed E-state index contributed by atoms with van der Waals surface area (Å²) in [7, 11) is -2.40. The maximum Gasteiger partial charge on any atom is 0.265 e. The second-order valence-electron chi connectivity index (χ2n) is 6.85. The molecule has 1 aromatic carbocycles. The lowest BCUT2D eigenvalue weighted by Gasteiger charge is -2.35. The van der Waals surface area contributed by atoms with Crippen molar-refractivity contribution >= 4 is 38.2 Å².